The Hall–Kier alpha value is -1.62. The molecule has 2 rings (SSSR count). The minimum atomic E-state index is -0.922. The second-order valence-electron chi connectivity index (χ2n) is 4.70. The summed E-state index contributed by atoms with van der Waals surface area (Å²) < 4.78 is 0. The Labute approximate surface area is 107 Å². The topological polar surface area (TPSA) is 65.5 Å². The Balaban J connectivity index is 1.95. The number of hydrogen-bond donors (Lipinski definition) is 2. The molecule has 1 saturated heterocycles. The molecule has 18 heavy (non-hydrogen) atoms. The minimum absolute atomic E-state index is 0.277. The first-order valence-electron chi connectivity index (χ1n) is 6.33. The third-order valence-corrected chi connectivity index (χ3v) is 3.40. The van der Waals surface area contributed by atoms with Crippen molar-refractivity contribution in [1.82, 2.24) is 9.88 Å². The number of anilines is 1. The lowest BCUT2D eigenvalue weighted by molar-refractivity contribution is 0.0697. The number of aromatic carboxylic acids is 1. The summed E-state index contributed by atoms with van der Waals surface area (Å²) in [6.45, 7) is 5.18. The maximum atomic E-state index is 11.0. The van der Waals surface area contributed by atoms with E-state index in [-0.39, 0.29) is 5.56 Å². The van der Waals surface area contributed by atoms with Crippen molar-refractivity contribution in [3.63, 3.8) is 0 Å². The molecule has 5 heteroatoms. The minimum Gasteiger partial charge on any atom is -0.478 e. The normalized spacial score (nSPS) is 17.6. The van der Waals surface area contributed by atoms with Gasteiger partial charge in [-0.15, -0.1) is 0 Å². The number of aromatic nitrogens is 1. The quantitative estimate of drug-likeness (QED) is 0.831. The molecule has 0 saturated carbocycles. The Morgan fingerprint density at radius 2 is 2.28 bits per heavy atom. The average Bonchev–Trinajstić information content (AvgIpc) is 2.90. The van der Waals surface area contributed by atoms with Gasteiger partial charge in [-0.2, -0.15) is 0 Å². The predicted molar refractivity (Wildman–Crippen MR) is 70.0 cm³/mol. The lowest BCUT2D eigenvalue weighted by Crippen LogP contribution is -2.35. The van der Waals surface area contributed by atoms with Crippen LogP contribution in [0.4, 0.5) is 5.69 Å². The fourth-order valence-corrected chi connectivity index (χ4v) is 2.29. The van der Waals surface area contributed by atoms with E-state index in [0.29, 0.717) is 11.7 Å². The van der Waals surface area contributed by atoms with Gasteiger partial charge in [-0.05, 0) is 38.9 Å². The number of likely N-dealkylation sites (tertiary alicyclic amines) is 1. The molecule has 1 atom stereocenters. The third-order valence-electron chi connectivity index (χ3n) is 3.40. The van der Waals surface area contributed by atoms with E-state index in [1.807, 2.05) is 0 Å². The summed E-state index contributed by atoms with van der Waals surface area (Å²) >= 11 is 0. The molecule has 5 nitrogen and oxygen atoms in total. The number of carboxylic acids is 1. The zero-order valence-corrected chi connectivity index (χ0v) is 10.6. The highest BCUT2D eigenvalue weighted by molar-refractivity contribution is 5.93. The number of carbonyl (C=O) groups is 1. The van der Waals surface area contributed by atoms with Crippen LogP contribution in [0.3, 0.4) is 0 Å². The molecule has 0 spiro atoms. The Kier molecular flexibility index (Phi) is 4.15. The highest BCUT2D eigenvalue weighted by atomic mass is 16.4. The molecule has 0 amide bonds. The number of carboxylic acid groups (broad SMARTS) is 1. The summed E-state index contributed by atoms with van der Waals surface area (Å²) in [6.07, 6.45) is 5.59. The van der Waals surface area contributed by atoms with E-state index in [9.17, 15) is 4.79 Å². The monoisotopic (exact) mass is 249 g/mol. The van der Waals surface area contributed by atoms with Gasteiger partial charge in [0, 0.05) is 18.8 Å². The highest BCUT2D eigenvalue weighted by Gasteiger charge is 2.18. The van der Waals surface area contributed by atoms with Crippen LogP contribution in [0.2, 0.25) is 0 Å². The fraction of sp³-hybridized carbons (Fsp3) is 0.538. The van der Waals surface area contributed by atoms with Gasteiger partial charge in [0.25, 0.3) is 0 Å². The number of nitrogens with zero attached hydrogens (tertiary/aromatic N) is 2. The predicted octanol–water partition coefficient (Wildman–Crippen LogP) is 1.68. The first-order valence-corrected chi connectivity index (χ1v) is 6.33. The number of pyridine rings is 1. The van der Waals surface area contributed by atoms with Gasteiger partial charge in [-0.1, -0.05) is 0 Å². The molecule has 2 N–H and O–H groups in total. The number of hydrogen-bond acceptors (Lipinski definition) is 4. The molecule has 0 aliphatic carbocycles. The molecule has 1 unspecified atom stereocenters. The maximum Gasteiger partial charge on any atom is 0.337 e. The van der Waals surface area contributed by atoms with E-state index in [1.165, 1.54) is 25.1 Å². The summed E-state index contributed by atoms with van der Waals surface area (Å²) in [6, 6.07) is 1.93. The van der Waals surface area contributed by atoms with E-state index < -0.39 is 5.97 Å². The molecule has 0 bridgehead atoms. The third kappa shape index (κ3) is 2.98. The maximum absolute atomic E-state index is 11.0. The first-order chi connectivity index (χ1) is 8.68. The molecule has 1 aliphatic rings. The molecule has 0 aromatic carbocycles. The zero-order chi connectivity index (χ0) is 13.0. The van der Waals surface area contributed by atoms with E-state index in [4.69, 9.17) is 5.11 Å². The van der Waals surface area contributed by atoms with Gasteiger partial charge in [-0.25, -0.2) is 4.79 Å². The number of nitrogens with one attached hydrogen (secondary N) is 1. The molecule has 1 aliphatic heterocycles. The molecular weight excluding hydrogens is 230 g/mol. The van der Waals surface area contributed by atoms with Gasteiger partial charge in [0.2, 0.25) is 0 Å². The van der Waals surface area contributed by atoms with Crippen LogP contribution in [0.25, 0.3) is 0 Å². The molecule has 1 aromatic heterocycles. The van der Waals surface area contributed by atoms with Crippen LogP contribution in [0.1, 0.15) is 30.1 Å². The largest absolute Gasteiger partial charge is 0.478 e. The second kappa shape index (κ2) is 5.82. The van der Waals surface area contributed by atoms with Crippen LogP contribution in [0.15, 0.2) is 18.5 Å². The van der Waals surface area contributed by atoms with Crippen LogP contribution >= 0.6 is 0 Å². The summed E-state index contributed by atoms with van der Waals surface area (Å²) in [5.41, 5.74) is 0.870. The first kappa shape index (κ1) is 12.8. The Morgan fingerprint density at radius 1 is 1.56 bits per heavy atom. The van der Waals surface area contributed by atoms with Crippen molar-refractivity contribution in [3.05, 3.63) is 24.0 Å². The molecule has 98 valence electrons. The zero-order valence-electron chi connectivity index (χ0n) is 10.6. The molecule has 2 heterocycles. The van der Waals surface area contributed by atoms with E-state index >= 15 is 0 Å². The summed E-state index contributed by atoms with van der Waals surface area (Å²) in [5.74, 6) is -0.922. The highest BCUT2D eigenvalue weighted by Crippen LogP contribution is 2.15. The van der Waals surface area contributed by atoms with Gasteiger partial charge in [-0.3, -0.25) is 9.88 Å². The van der Waals surface area contributed by atoms with Gasteiger partial charge in [0.05, 0.1) is 17.4 Å². The standard InChI is InChI=1S/C13H19N3O2/c1-10(16-6-2-3-7-16)8-15-12-9-14-5-4-11(12)13(17)18/h4-5,9-10,15H,2-3,6-8H2,1H3,(H,17,18). The average molecular weight is 249 g/mol. The van der Waals surface area contributed by atoms with Crippen molar-refractivity contribution < 1.29 is 9.90 Å². The van der Waals surface area contributed by atoms with E-state index in [2.05, 4.69) is 22.1 Å². The van der Waals surface area contributed by atoms with Crippen molar-refractivity contribution in [3.8, 4) is 0 Å². The lowest BCUT2D eigenvalue weighted by Gasteiger charge is -2.24. The van der Waals surface area contributed by atoms with Crippen molar-refractivity contribution in [2.45, 2.75) is 25.8 Å². The summed E-state index contributed by atoms with van der Waals surface area (Å²) in [4.78, 5) is 17.4. The Morgan fingerprint density at radius 3 is 2.94 bits per heavy atom. The fourth-order valence-electron chi connectivity index (χ4n) is 2.29. The van der Waals surface area contributed by atoms with Gasteiger partial charge in [0.15, 0.2) is 0 Å². The van der Waals surface area contributed by atoms with Crippen LogP contribution in [-0.4, -0.2) is 46.6 Å². The van der Waals surface area contributed by atoms with Crippen molar-refractivity contribution in [2.75, 3.05) is 25.0 Å². The lowest BCUT2D eigenvalue weighted by atomic mass is 10.2. The van der Waals surface area contributed by atoms with Crippen LogP contribution in [0, 0.1) is 0 Å². The van der Waals surface area contributed by atoms with Crippen molar-refractivity contribution in [2.24, 2.45) is 0 Å². The van der Waals surface area contributed by atoms with E-state index in [0.717, 1.165) is 19.6 Å². The number of rotatable bonds is 5. The van der Waals surface area contributed by atoms with E-state index in [1.54, 1.807) is 6.20 Å². The van der Waals surface area contributed by atoms with Crippen LogP contribution in [-0.2, 0) is 0 Å². The van der Waals surface area contributed by atoms with Crippen molar-refractivity contribution in [1.29, 1.82) is 0 Å². The molecule has 1 fully saturated rings. The van der Waals surface area contributed by atoms with Crippen molar-refractivity contribution >= 4 is 11.7 Å². The summed E-state index contributed by atoms with van der Waals surface area (Å²) in [5, 5.41) is 12.3. The van der Waals surface area contributed by atoms with Crippen LogP contribution < -0.4 is 5.32 Å². The van der Waals surface area contributed by atoms with Crippen LogP contribution in [0.5, 0.6) is 0 Å². The summed E-state index contributed by atoms with van der Waals surface area (Å²) in [7, 11) is 0. The second-order valence-corrected chi connectivity index (χ2v) is 4.70. The van der Waals surface area contributed by atoms with Gasteiger partial charge >= 0.3 is 5.97 Å². The molecule has 0 radical (unpaired) electrons. The molecule has 1 aromatic rings. The Bertz CT molecular complexity index is 416. The van der Waals surface area contributed by atoms with Gasteiger partial charge < -0.3 is 10.4 Å². The SMILES string of the molecule is CC(CNc1cnccc1C(=O)O)N1CCCC1. The molecular formula is C13H19N3O2. The van der Waals surface area contributed by atoms with Gasteiger partial charge in [0.1, 0.15) is 0 Å². The smallest absolute Gasteiger partial charge is 0.337 e.